The number of hydrogen-bond acceptors (Lipinski definition) is 15. The van der Waals surface area contributed by atoms with Gasteiger partial charge >= 0.3 is 39.5 Å². The summed E-state index contributed by atoms with van der Waals surface area (Å²) in [6, 6.07) is 0. The molecule has 0 radical (unpaired) electrons. The van der Waals surface area contributed by atoms with Crippen molar-refractivity contribution in [1.29, 1.82) is 0 Å². The Bertz CT molecular complexity index is 1820. The third-order valence-electron chi connectivity index (χ3n) is 17.5. The van der Waals surface area contributed by atoms with E-state index in [-0.39, 0.29) is 25.7 Å². The Morgan fingerprint density at radius 2 is 0.489 bits per heavy atom. The highest BCUT2D eigenvalue weighted by molar-refractivity contribution is 7.47. The summed E-state index contributed by atoms with van der Waals surface area (Å²) in [5.41, 5.74) is 0. The Hall–Kier alpha value is -1.94. The molecule has 0 fully saturated rings. The van der Waals surface area contributed by atoms with Crippen LogP contribution in [0.4, 0.5) is 0 Å². The predicted molar refractivity (Wildman–Crippen MR) is 381 cm³/mol. The van der Waals surface area contributed by atoms with Gasteiger partial charge in [-0.2, -0.15) is 0 Å². The SMILES string of the molecule is CCCCCCCCCCCCCCCCC(=O)OC[C@H](COP(=O)(O)OC[C@@H](O)COP(=O)(O)OC[C@@H](COC(=O)CCCCCCCCCC)OC(=O)CCCCCCCCCCCCC(C)C)OC(=O)CCCCCCCCCCCCCCCCCCC(C)C. The van der Waals surface area contributed by atoms with Crippen LogP contribution in [0.1, 0.15) is 388 Å². The van der Waals surface area contributed by atoms with Crippen LogP contribution in [-0.2, 0) is 65.4 Å². The number of rotatable bonds is 74. The van der Waals surface area contributed by atoms with Crippen LogP contribution in [-0.4, -0.2) is 96.7 Å². The second kappa shape index (κ2) is 66.9. The summed E-state index contributed by atoms with van der Waals surface area (Å²) in [7, 11) is -9.91. The van der Waals surface area contributed by atoms with E-state index in [9.17, 15) is 43.2 Å². The first-order valence-corrected chi connectivity index (χ1v) is 42.0. The van der Waals surface area contributed by atoms with E-state index in [2.05, 4.69) is 41.5 Å². The molecule has 0 spiro atoms. The van der Waals surface area contributed by atoms with Crippen molar-refractivity contribution in [3.8, 4) is 0 Å². The smallest absolute Gasteiger partial charge is 0.462 e. The quantitative estimate of drug-likeness (QED) is 0.0222. The van der Waals surface area contributed by atoms with E-state index in [4.69, 9.17) is 37.0 Å². The fraction of sp³-hybridized carbons (Fsp3) is 0.947. The third-order valence-corrected chi connectivity index (χ3v) is 19.4. The molecule has 0 aliphatic heterocycles. The third kappa shape index (κ3) is 68.6. The van der Waals surface area contributed by atoms with Crippen LogP contribution in [0.5, 0.6) is 0 Å². The number of carbonyl (C=O) groups excluding carboxylic acids is 4. The van der Waals surface area contributed by atoms with Crippen LogP contribution >= 0.6 is 15.6 Å². The first-order chi connectivity index (χ1) is 45.4. The predicted octanol–water partition coefficient (Wildman–Crippen LogP) is 21.9. The summed E-state index contributed by atoms with van der Waals surface area (Å²) in [5, 5.41) is 10.6. The first-order valence-electron chi connectivity index (χ1n) is 39.0. The van der Waals surface area contributed by atoms with Gasteiger partial charge in [0.15, 0.2) is 12.2 Å². The zero-order chi connectivity index (χ0) is 69.3. The summed E-state index contributed by atoms with van der Waals surface area (Å²) >= 11 is 0. The van der Waals surface area contributed by atoms with E-state index in [1.807, 2.05) is 0 Å². The van der Waals surface area contributed by atoms with E-state index in [1.54, 1.807) is 0 Å². The molecule has 17 nitrogen and oxygen atoms in total. The Morgan fingerprint density at radius 3 is 0.723 bits per heavy atom. The lowest BCUT2D eigenvalue weighted by Gasteiger charge is -2.21. The minimum absolute atomic E-state index is 0.106. The fourth-order valence-electron chi connectivity index (χ4n) is 11.5. The maximum absolute atomic E-state index is 13.1. The largest absolute Gasteiger partial charge is 0.472 e. The molecule has 2 unspecified atom stereocenters. The molecule has 19 heteroatoms. The van der Waals surface area contributed by atoms with E-state index < -0.39 is 97.5 Å². The number of phosphoric ester groups is 2. The Labute approximate surface area is 575 Å². The van der Waals surface area contributed by atoms with Gasteiger partial charge < -0.3 is 33.8 Å². The van der Waals surface area contributed by atoms with Gasteiger partial charge in [0.25, 0.3) is 0 Å². The Kier molecular flexibility index (Phi) is 65.5. The van der Waals surface area contributed by atoms with Crippen molar-refractivity contribution in [3.05, 3.63) is 0 Å². The summed E-state index contributed by atoms with van der Waals surface area (Å²) in [6.07, 6.45) is 54.1. The normalized spacial score (nSPS) is 14.0. The molecule has 0 aliphatic rings. The van der Waals surface area contributed by atoms with Crippen molar-refractivity contribution >= 4 is 39.5 Å². The molecule has 558 valence electrons. The summed E-state index contributed by atoms with van der Waals surface area (Å²) < 4.78 is 68.4. The van der Waals surface area contributed by atoms with Crippen LogP contribution in [0.25, 0.3) is 0 Å². The number of hydrogen-bond donors (Lipinski definition) is 3. The minimum Gasteiger partial charge on any atom is -0.462 e. The van der Waals surface area contributed by atoms with E-state index in [0.717, 1.165) is 108 Å². The highest BCUT2D eigenvalue weighted by Crippen LogP contribution is 2.45. The molecule has 0 rings (SSSR count). The number of ether oxygens (including phenoxy) is 4. The molecule has 0 amide bonds. The molecule has 0 aromatic rings. The monoisotopic (exact) mass is 1380 g/mol. The lowest BCUT2D eigenvalue weighted by molar-refractivity contribution is -0.161. The molecule has 3 N–H and O–H groups in total. The van der Waals surface area contributed by atoms with Crippen LogP contribution in [0.3, 0.4) is 0 Å². The lowest BCUT2D eigenvalue weighted by atomic mass is 10.0. The molecule has 0 aliphatic carbocycles. The average Bonchev–Trinajstić information content (AvgIpc) is 1.48. The zero-order valence-corrected chi connectivity index (χ0v) is 63.1. The van der Waals surface area contributed by atoms with Gasteiger partial charge in [-0.15, -0.1) is 0 Å². The van der Waals surface area contributed by atoms with Gasteiger partial charge in [0.1, 0.15) is 19.3 Å². The van der Waals surface area contributed by atoms with Gasteiger partial charge in [0.2, 0.25) is 0 Å². The van der Waals surface area contributed by atoms with E-state index in [0.29, 0.717) is 25.7 Å². The van der Waals surface area contributed by atoms with Gasteiger partial charge in [-0.05, 0) is 37.5 Å². The van der Waals surface area contributed by atoms with Gasteiger partial charge in [0, 0.05) is 25.7 Å². The summed E-state index contributed by atoms with van der Waals surface area (Å²) in [5.74, 6) is -0.557. The standard InChI is InChI=1S/C75H146O17P2/c1-7-9-11-13-15-17-18-19-25-28-34-40-46-52-58-73(78)86-64-71(92-74(79)59-53-47-41-35-29-26-23-21-20-22-24-27-32-37-43-49-55-67(3)4)66-90-94(83,84)88-62-69(76)61-87-93(81,82)89-65-70(63-85-72(77)57-51-45-39-16-14-12-10-8-2)91-75(80)60-54-48-42-36-31-30-33-38-44-50-56-68(5)6/h67-71,76H,7-66H2,1-6H3,(H,81,82)(H,83,84)/t69-,70+,71+/m0/s1. The van der Waals surface area contributed by atoms with Crippen molar-refractivity contribution in [2.45, 2.75) is 407 Å². The van der Waals surface area contributed by atoms with Crippen molar-refractivity contribution in [2.75, 3.05) is 39.6 Å². The number of carbonyl (C=O) groups is 4. The highest BCUT2D eigenvalue weighted by Gasteiger charge is 2.30. The molecule has 0 bridgehead atoms. The average molecular weight is 1380 g/mol. The molecule has 0 aromatic heterocycles. The summed E-state index contributed by atoms with van der Waals surface area (Å²) in [4.78, 5) is 72.7. The van der Waals surface area contributed by atoms with Crippen LogP contribution in [0.15, 0.2) is 0 Å². The second-order valence-electron chi connectivity index (χ2n) is 28.0. The van der Waals surface area contributed by atoms with Gasteiger partial charge in [0.05, 0.1) is 26.4 Å². The Morgan fingerprint density at radius 1 is 0.287 bits per heavy atom. The molecule has 0 heterocycles. The second-order valence-corrected chi connectivity index (χ2v) is 30.9. The molecule has 0 saturated carbocycles. The van der Waals surface area contributed by atoms with Gasteiger partial charge in [-0.3, -0.25) is 37.3 Å². The lowest BCUT2D eigenvalue weighted by Crippen LogP contribution is -2.30. The molecule has 0 aromatic carbocycles. The van der Waals surface area contributed by atoms with Crippen LogP contribution in [0, 0.1) is 11.8 Å². The molecule has 5 atom stereocenters. The van der Waals surface area contributed by atoms with E-state index >= 15 is 0 Å². The fourth-order valence-corrected chi connectivity index (χ4v) is 13.1. The Balaban J connectivity index is 5.21. The zero-order valence-electron chi connectivity index (χ0n) is 61.3. The molecule has 94 heavy (non-hydrogen) atoms. The highest BCUT2D eigenvalue weighted by atomic mass is 31.2. The van der Waals surface area contributed by atoms with E-state index in [1.165, 1.54) is 199 Å². The van der Waals surface area contributed by atoms with Crippen molar-refractivity contribution in [3.63, 3.8) is 0 Å². The number of aliphatic hydroxyl groups excluding tert-OH is 1. The topological polar surface area (TPSA) is 237 Å². The number of esters is 4. The number of unbranched alkanes of at least 4 members (excludes halogenated alkanes) is 44. The van der Waals surface area contributed by atoms with Crippen molar-refractivity contribution < 1.29 is 80.2 Å². The van der Waals surface area contributed by atoms with Crippen molar-refractivity contribution in [2.24, 2.45) is 11.8 Å². The van der Waals surface area contributed by atoms with Crippen LogP contribution < -0.4 is 0 Å². The summed E-state index contributed by atoms with van der Waals surface area (Å²) in [6.45, 7) is 9.59. The first kappa shape index (κ1) is 92.1. The molecular weight excluding hydrogens is 1230 g/mol. The number of phosphoric acid groups is 2. The number of aliphatic hydroxyl groups is 1. The van der Waals surface area contributed by atoms with Crippen molar-refractivity contribution in [1.82, 2.24) is 0 Å². The minimum atomic E-state index is -4.96. The maximum Gasteiger partial charge on any atom is 0.472 e. The van der Waals surface area contributed by atoms with Crippen LogP contribution in [0.2, 0.25) is 0 Å². The van der Waals surface area contributed by atoms with Gasteiger partial charge in [-0.1, -0.05) is 337 Å². The maximum atomic E-state index is 13.1. The van der Waals surface area contributed by atoms with Gasteiger partial charge in [-0.25, -0.2) is 9.13 Å². The molecule has 0 saturated heterocycles. The molecular formula is C75H146O17P2.